The standard InChI is InChI=1S/C22H45O7P/c1-2-3-4-17-20-27-29-30(25,26)28-21-18-15-13-11-9-7-5-6-8-10-12-14-16-19-22(23)24/h2-21H2,1H3,(H,23,24)(H,25,26). The van der Waals surface area contributed by atoms with Crippen molar-refractivity contribution >= 4 is 13.8 Å². The lowest BCUT2D eigenvalue weighted by atomic mass is 10.0. The summed E-state index contributed by atoms with van der Waals surface area (Å²) in [6.07, 6.45) is 18.8. The van der Waals surface area contributed by atoms with E-state index in [1.54, 1.807) is 0 Å². The normalized spacial score (nSPS) is 13.4. The summed E-state index contributed by atoms with van der Waals surface area (Å²) < 4.78 is 21.0. The van der Waals surface area contributed by atoms with Crippen LogP contribution in [0, 0.1) is 0 Å². The maximum absolute atomic E-state index is 11.6. The number of carboxylic acid groups (broad SMARTS) is 1. The van der Waals surface area contributed by atoms with Gasteiger partial charge in [-0.15, -0.1) is 4.67 Å². The van der Waals surface area contributed by atoms with Crippen molar-refractivity contribution in [2.75, 3.05) is 13.2 Å². The zero-order valence-corrected chi connectivity index (χ0v) is 19.9. The SMILES string of the molecule is CCCCCCOOP(=O)(O)OCCCCCCCCCCCCCCCC(=O)O. The highest BCUT2D eigenvalue weighted by atomic mass is 31.2. The molecule has 30 heavy (non-hydrogen) atoms. The minimum atomic E-state index is -4.09. The van der Waals surface area contributed by atoms with Gasteiger partial charge in [0.2, 0.25) is 0 Å². The number of carbonyl (C=O) groups is 1. The van der Waals surface area contributed by atoms with E-state index in [4.69, 9.17) is 14.5 Å². The third-order valence-corrected chi connectivity index (χ3v) is 5.82. The van der Waals surface area contributed by atoms with Crippen molar-refractivity contribution in [1.29, 1.82) is 0 Å². The topological polar surface area (TPSA) is 102 Å². The van der Waals surface area contributed by atoms with Gasteiger partial charge in [0.1, 0.15) is 0 Å². The first-order valence-corrected chi connectivity index (χ1v) is 13.5. The van der Waals surface area contributed by atoms with Crippen LogP contribution < -0.4 is 0 Å². The Hall–Kier alpha value is -0.460. The van der Waals surface area contributed by atoms with E-state index in [0.717, 1.165) is 64.2 Å². The molecule has 0 aliphatic rings. The van der Waals surface area contributed by atoms with Gasteiger partial charge in [-0.1, -0.05) is 96.8 Å². The fourth-order valence-electron chi connectivity index (χ4n) is 3.22. The summed E-state index contributed by atoms with van der Waals surface area (Å²) in [7, 11) is -4.09. The van der Waals surface area contributed by atoms with Crippen molar-refractivity contribution in [2.24, 2.45) is 0 Å². The van der Waals surface area contributed by atoms with Gasteiger partial charge in [0, 0.05) is 6.42 Å². The van der Waals surface area contributed by atoms with E-state index in [1.807, 2.05) is 0 Å². The summed E-state index contributed by atoms with van der Waals surface area (Å²) in [5.41, 5.74) is 0. The van der Waals surface area contributed by atoms with Gasteiger partial charge in [-0.2, -0.15) is 0 Å². The number of carboxylic acids is 1. The maximum Gasteiger partial charge on any atom is 0.499 e. The van der Waals surface area contributed by atoms with Crippen LogP contribution in [0.25, 0.3) is 0 Å². The van der Waals surface area contributed by atoms with Crippen LogP contribution in [-0.4, -0.2) is 29.2 Å². The second kappa shape index (κ2) is 21.8. The van der Waals surface area contributed by atoms with E-state index >= 15 is 0 Å². The van der Waals surface area contributed by atoms with Gasteiger partial charge in [-0.25, -0.2) is 9.45 Å². The molecule has 0 saturated carbocycles. The van der Waals surface area contributed by atoms with Crippen LogP contribution in [-0.2, 0) is 23.4 Å². The van der Waals surface area contributed by atoms with Crippen LogP contribution in [0.4, 0.5) is 0 Å². The fraction of sp³-hybridized carbons (Fsp3) is 0.955. The van der Waals surface area contributed by atoms with E-state index in [2.05, 4.69) is 11.6 Å². The van der Waals surface area contributed by atoms with E-state index in [0.29, 0.717) is 13.0 Å². The molecule has 0 amide bonds. The number of aliphatic carboxylic acids is 1. The Balaban J connectivity index is 3.26. The molecule has 180 valence electrons. The number of phosphoric acid groups is 1. The Kier molecular flexibility index (Phi) is 21.4. The molecule has 0 radical (unpaired) electrons. The van der Waals surface area contributed by atoms with Crippen molar-refractivity contribution in [3.8, 4) is 0 Å². The first kappa shape index (κ1) is 29.5. The molecule has 0 aromatic carbocycles. The molecule has 0 saturated heterocycles. The molecule has 1 atom stereocenters. The minimum Gasteiger partial charge on any atom is -0.481 e. The summed E-state index contributed by atoms with van der Waals surface area (Å²) >= 11 is 0. The highest BCUT2D eigenvalue weighted by Crippen LogP contribution is 2.43. The molecule has 8 heteroatoms. The van der Waals surface area contributed by atoms with E-state index < -0.39 is 13.8 Å². The lowest BCUT2D eigenvalue weighted by Gasteiger charge is -2.11. The number of unbranched alkanes of at least 4 members (excludes halogenated alkanes) is 15. The Bertz CT molecular complexity index is 432. The number of phosphoric ester groups is 1. The van der Waals surface area contributed by atoms with Crippen molar-refractivity contribution in [3.05, 3.63) is 0 Å². The van der Waals surface area contributed by atoms with Gasteiger partial charge >= 0.3 is 13.8 Å². The van der Waals surface area contributed by atoms with Crippen LogP contribution in [0.3, 0.4) is 0 Å². The zero-order valence-electron chi connectivity index (χ0n) is 19.0. The maximum atomic E-state index is 11.6. The summed E-state index contributed by atoms with van der Waals surface area (Å²) in [4.78, 5) is 24.7. The lowest BCUT2D eigenvalue weighted by Crippen LogP contribution is -2.00. The Morgan fingerprint density at radius 2 is 1.13 bits per heavy atom. The van der Waals surface area contributed by atoms with Gasteiger partial charge in [0.05, 0.1) is 13.2 Å². The molecule has 0 aromatic rings. The molecule has 1 unspecified atom stereocenters. The average Bonchev–Trinajstić information content (AvgIpc) is 2.70. The third-order valence-electron chi connectivity index (χ3n) is 5.02. The fourth-order valence-corrected chi connectivity index (χ4v) is 3.83. The Labute approximate surface area is 183 Å². The summed E-state index contributed by atoms with van der Waals surface area (Å²) in [5, 5.41) is 8.57. The molecule has 7 nitrogen and oxygen atoms in total. The molecule has 0 spiro atoms. The van der Waals surface area contributed by atoms with Crippen LogP contribution in [0.2, 0.25) is 0 Å². The minimum absolute atomic E-state index is 0.208. The average molecular weight is 453 g/mol. The molecule has 0 heterocycles. The Morgan fingerprint density at radius 1 is 0.700 bits per heavy atom. The van der Waals surface area contributed by atoms with E-state index in [-0.39, 0.29) is 6.61 Å². The Morgan fingerprint density at radius 3 is 1.63 bits per heavy atom. The smallest absolute Gasteiger partial charge is 0.481 e. The number of rotatable bonds is 24. The number of hydrogen-bond donors (Lipinski definition) is 2. The summed E-state index contributed by atoms with van der Waals surface area (Å²) in [6.45, 7) is 2.63. The second-order valence-electron chi connectivity index (χ2n) is 8.00. The van der Waals surface area contributed by atoms with Crippen LogP contribution in [0.15, 0.2) is 0 Å². The predicted octanol–water partition coefficient (Wildman–Crippen LogP) is 7.18. The molecule has 0 bridgehead atoms. The summed E-state index contributed by atoms with van der Waals surface area (Å²) in [6, 6.07) is 0. The quantitative estimate of drug-likeness (QED) is 0.0692. The van der Waals surface area contributed by atoms with Gasteiger partial charge < -0.3 is 10.00 Å². The zero-order chi connectivity index (χ0) is 22.3. The van der Waals surface area contributed by atoms with E-state index in [1.165, 1.54) is 44.9 Å². The monoisotopic (exact) mass is 452 g/mol. The van der Waals surface area contributed by atoms with Crippen LogP contribution >= 0.6 is 7.82 Å². The highest BCUT2D eigenvalue weighted by Gasteiger charge is 2.22. The predicted molar refractivity (Wildman–Crippen MR) is 119 cm³/mol. The van der Waals surface area contributed by atoms with Crippen molar-refractivity contribution in [1.82, 2.24) is 0 Å². The van der Waals surface area contributed by atoms with Gasteiger partial charge in [-0.3, -0.25) is 9.32 Å². The van der Waals surface area contributed by atoms with Crippen LogP contribution in [0.5, 0.6) is 0 Å². The van der Waals surface area contributed by atoms with Crippen LogP contribution in [0.1, 0.15) is 122 Å². The second-order valence-corrected chi connectivity index (χ2v) is 9.34. The lowest BCUT2D eigenvalue weighted by molar-refractivity contribution is -0.225. The molecule has 0 aliphatic heterocycles. The molecule has 0 fully saturated rings. The highest BCUT2D eigenvalue weighted by molar-refractivity contribution is 7.47. The molecular weight excluding hydrogens is 407 g/mol. The largest absolute Gasteiger partial charge is 0.499 e. The van der Waals surface area contributed by atoms with Crippen molar-refractivity contribution in [2.45, 2.75) is 122 Å². The first-order chi connectivity index (χ1) is 14.5. The molecule has 2 N–H and O–H groups in total. The number of hydrogen-bond acceptors (Lipinski definition) is 5. The van der Waals surface area contributed by atoms with Crippen molar-refractivity contribution in [3.63, 3.8) is 0 Å². The van der Waals surface area contributed by atoms with Gasteiger partial charge in [-0.05, 0) is 19.3 Å². The van der Waals surface area contributed by atoms with Crippen molar-refractivity contribution < 1.29 is 33.4 Å². The van der Waals surface area contributed by atoms with E-state index in [9.17, 15) is 14.3 Å². The molecule has 0 rings (SSSR count). The first-order valence-electron chi connectivity index (χ1n) is 12.0. The molecule has 0 aromatic heterocycles. The summed E-state index contributed by atoms with van der Waals surface area (Å²) in [5.74, 6) is -0.692. The molecule has 0 aliphatic carbocycles. The molecular formula is C22H45O7P. The van der Waals surface area contributed by atoms with Gasteiger partial charge in [0.15, 0.2) is 0 Å². The third kappa shape index (κ3) is 23.8. The van der Waals surface area contributed by atoms with Gasteiger partial charge in [0.25, 0.3) is 0 Å².